The average molecular weight is 380 g/mol. The molecule has 148 valence electrons. The van der Waals surface area contributed by atoms with Crippen molar-refractivity contribution in [2.45, 2.75) is 39.2 Å². The van der Waals surface area contributed by atoms with Gasteiger partial charge in [0.2, 0.25) is 5.91 Å². The van der Waals surface area contributed by atoms with Gasteiger partial charge in [0.05, 0.1) is 0 Å². The Morgan fingerprint density at radius 1 is 1.18 bits per heavy atom. The summed E-state index contributed by atoms with van der Waals surface area (Å²) in [5.74, 6) is 0.0793. The Morgan fingerprint density at radius 3 is 2.64 bits per heavy atom. The molecule has 28 heavy (non-hydrogen) atoms. The fourth-order valence-electron chi connectivity index (χ4n) is 3.43. The van der Waals surface area contributed by atoms with Gasteiger partial charge >= 0.3 is 0 Å². The van der Waals surface area contributed by atoms with E-state index in [4.69, 9.17) is 0 Å². The zero-order chi connectivity index (χ0) is 19.9. The molecular formula is C23H29N3O2. The number of hydrogen-bond acceptors (Lipinski definition) is 3. The molecule has 2 amide bonds. The Kier molecular flexibility index (Phi) is 6.69. The zero-order valence-corrected chi connectivity index (χ0v) is 16.8. The number of carbonyl (C=O) groups is 2. The number of rotatable bonds is 8. The van der Waals surface area contributed by atoms with E-state index in [0.717, 1.165) is 49.3 Å². The Morgan fingerprint density at radius 2 is 1.96 bits per heavy atom. The van der Waals surface area contributed by atoms with Gasteiger partial charge in [-0.05, 0) is 54.8 Å². The second kappa shape index (κ2) is 9.40. The van der Waals surface area contributed by atoms with E-state index in [9.17, 15) is 9.59 Å². The molecule has 1 N–H and O–H groups in total. The van der Waals surface area contributed by atoms with E-state index in [1.165, 1.54) is 0 Å². The Balaban J connectivity index is 1.57. The second-order valence-electron chi connectivity index (χ2n) is 7.32. The topological polar surface area (TPSA) is 52.7 Å². The van der Waals surface area contributed by atoms with Gasteiger partial charge in [-0.3, -0.25) is 9.59 Å². The molecule has 1 saturated heterocycles. The number of hydrogen-bond donors (Lipinski definition) is 1. The molecule has 1 aliphatic rings. The van der Waals surface area contributed by atoms with Crippen LogP contribution in [0.5, 0.6) is 0 Å². The van der Waals surface area contributed by atoms with Gasteiger partial charge in [-0.25, -0.2) is 0 Å². The standard InChI is InChI=1S/C23H29N3O2/c1-3-4-14-25(2)20-12-10-19(11-13-20)23(28)24-17-18-7-5-8-21(16-18)26-15-6-9-22(26)27/h5,7-8,10-13,16H,3-4,6,9,14-15,17H2,1-2H3,(H,24,28). The first-order chi connectivity index (χ1) is 13.6. The van der Waals surface area contributed by atoms with Crippen molar-refractivity contribution in [1.29, 1.82) is 0 Å². The lowest BCUT2D eigenvalue weighted by molar-refractivity contribution is -0.117. The predicted octanol–water partition coefficient (Wildman–Crippen LogP) is 3.98. The van der Waals surface area contributed by atoms with Crippen LogP contribution in [0, 0.1) is 0 Å². The first-order valence-corrected chi connectivity index (χ1v) is 10.1. The van der Waals surface area contributed by atoms with E-state index in [1.807, 2.05) is 53.4 Å². The van der Waals surface area contributed by atoms with Crippen LogP contribution in [0.1, 0.15) is 48.5 Å². The summed E-state index contributed by atoms with van der Waals surface area (Å²) in [6, 6.07) is 15.5. The number of amides is 2. The Labute approximate surface area is 167 Å². The van der Waals surface area contributed by atoms with Gasteiger partial charge < -0.3 is 15.1 Å². The maximum atomic E-state index is 12.5. The van der Waals surface area contributed by atoms with E-state index in [1.54, 1.807) is 0 Å². The molecule has 1 fully saturated rings. The summed E-state index contributed by atoms with van der Waals surface area (Å²) in [5, 5.41) is 2.97. The Hall–Kier alpha value is -2.82. The minimum Gasteiger partial charge on any atom is -0.375 e. The van der Waals surface area contributed by atoms with Gasteiger partial charge in [-0.1, -0.05) is 25.5 Å². The molecule has 0 unspecified atom stereocenters. The minimum absolute atomic E-state index is 0.0922. The molecule has 3 rings (SSSR count). The van der Waals surface area contributed by atoms with Crippen molar-refractivity contribution in [2.75, 3.05) is 29.9 Å². The summed E-state index contributed by atoms with van der Waals surface area (Å²) in [6.45, 7) is 4.40. The number of unbranched alkanes of at least 4 members (excludes halogenated alkanes) is 1. The van der Waals surface area contributed by atoms with Crippen LogP contribution in [-0.4, -0.2) is 32.0 Å². The van der Waals surface area contributed by atoms with Crippen LogP contribution in [0.25, 0.3) is 0 Å². The number of carbonyl (C=O) groups excluding carboxylic acids is 2. The first kappa shape index (κ1) is 19.9. The monoisotopic (exact) mass is 379 g/mol. The number of nitrogens with zero attached hydrogens (tertiary/aromatic N) is 2. The molecule has 0 saturated carbocycles. The fourth-order valence-corrected chi connectivity index (χ4v) is 3.43. The molecule has 5 nitrogen and oxygen atoms in total. The lowest BCUT2D eigenvalue weighted by Crippen LogP contribution is -2.25. The quantitative estimate of drug-likeness (QED) is 0.755. The van der Waals surface area contributed by atoms with E-state index < -0.39 is 0 Å². The highest BCUT2D eigenvalue weighted by molar-refractivity contribution is 5.95. The molecule has 0 bridgehead atoms. The van der Waals surface area contributed by atoms with Gasteiger partial charge in [-0.15, -0.1) is 0 Å². The highest BCUT2D eigenvalue weighted by atomic mass is 16.2. The van der Waals surface area contributed by atoms with Crippen LogP contribution < -0.4 is 15.1 Å². The van der Waals surface area contributed by atoms with Gasteiger partial charge in [0.1, 0.15) is 0 Å². The minimum atomic E-state index is -0.0922. The summed E-state index contributed by atoms with van der Waals surface area (Å²) in [4.78, 5) is 28.4. The summed E-state index contributed by atoms with van der Waals surface area (Å²) in [5.41, 5.74) is 3.67. The molecule has 1 heterocycles. The van der Waals surface area contributed by atoms with E-state index in [-0.39, 0.29) is 11.8 Å². The number of nitrogens with one attached hydrogen (secondary N) is 1. The zero-order valence-electron chi connectivity index (χ0n) is 16.8. The number of benzene rings is 2. The third-order valence-electron chi connectivity index (χ3n) is 5.17. The van der Waals surface area contributed by atoms with Crippen LogP contribution >= 0.6 is 0 Å². The first-order valence-electron chi connectivity index (χ1n) is 10.1. The van der Waals surface area contributed by atoms with Crippen molar-refractivity contribution >= 4 is 23.2 Å². The van der Waals surface area contributed by atoms with Crippen molar-refractivity contribution in [3.8, 4) is 0 Å². The molecule has 2 aromatic carbocycles. The van der Waals surface area contributed by atoms with E-state index in [2.05, 4.69) is 24.2 Å². The van der Waals surface area contributed by atoms with E-state index in [0.29, 0.717) is 18.5 Å². The maximum absolute atomic E-state index is 12.5. The van der Waals surface area contributed by atoms with Crippen molar-refractivity contribution in [3.63, 3.8) is 0 Å². The van der Waals surface area contributed by atoms with Crippen molar-refractivity contribution in [1.82, 2.24) is 5.32 Å². The summed E-state index contributed by atoms with van der Waals surface area (Å²) >= 11 is 0. The van der Waals surface area contributed by atoms with Crippen molar-refractivity contribution in [3.05, 3.63) is 59.7 Å². The highest BCUT2D eigenvalue weighted by Gasteiger charge is 2.21. The largest absolute Gasteiger partial charge is 0.375 e. The average Bonchev–Trinajstić information content (AvgIpc) is 3.16. The van der Waals surface area contributed by atoms with Crippen LogP contribution in [0.15, 0.2) is 48.5 Å². The highest BCUT2D eigenvalue weighted by Crippen LogP contribution is 2.22. The predicted molar refractivity (Wildman–Crippen MR) is 114 cm³/mol. The van der Waals surface area contributed by atoms with Gasteiger partial charge in [-0.2, -0.15) is 0 Å². The lowest BCUT2D eigenvalue weighted by Gasteiger charge is -2.19. The van der Waals surface area contributed by atoms with Crippen LogP contribution in [-0.2, 0) is 11.3 Å². The SMILES string of the molecule is CCCCN(C)c1ccc(C(=O)NCc2cccc(N3CCCC3=O)c2)cc1. The molecule has 1 aliphatic heterocycles. The summed E-state index contributed by atoms with van der Waals surface area (Å²) in [6.07, 6.45) is 3.84. The summed E-state index contributed by atoms with van der Waals surface area (Å²) in [7, 11) is 2.07. The Bertz CT molecular complexity index is 817. The fraction of sp³-hybridized carbons (Fsp3) is 0.391. The lowest BCUT2D eigenvalue weighted by atomic mass is 10.1. The molecule has 0 atom stereocenters. The maximum Gasteiger partial charge on any atom is 0.251 e. The molecule has 0 radical (unpaired) electrons. The van der Waals surface area contributed by atoms with Crippen LogP contribution in [0.3, 0.4) is 0 Å². The summed E-state index contributed by atoms with van der Waals surface area (Å²) < 4.78 is 0. The van der Waals surface area contributed by atoms with Gasteiger partial charge in [0.25, 0.3) is 5.91 Å². The molecule has 0 aliphatic carbocycles. The smallest absolute Gasteiger partial charge is 0.251 e. The van der Waals surface area contributed by atoms with Crippen molar-refractivity contribution in [2.24, 2.45) is 0 Å². The number of anilines is 2. The normalized spacial score (nSPS) is 13.6. The van der Waals surface area contributed by atoms with Crippen LogP contribution in [0.2, 0.25) is 0 Å². The third kappa shape index (κ3) is 4.91. The van der Waals surface area contributed by atoms with Crippen molar-refractivity contribution < 1.29 is 9.59 Å². The van der Waals surface area contributed by atoms with Gasteiger partial charge in [0.15, 0.2) is 0 Å². The molecule has 0 aromatic heterocycles. The van der Waals surface area contributed by atoms with E-state index >= 15 is 0 Å². The second-order valence-corrected chi connectivity index (χ2v) is 7.32. The van der Waals surface area contributed by atoms with Crippen LogP contribution in [0.4, 0.5) is 11.4 Å². The van der Waals surface area contributed by atoms with Gasteiger partial charge in [0, 0.05) is 50.0 Å². The third-order valence-corrected chi connectivity index (χ3v) is 5.17. The molecule has 5 heteroatoms. The molecule has 0 spiro atoms. The molecule has 2 aromatic rings. The molecular weight excluding hydrogens is 350 g/mol.